The minimum atomic E-state index is -0.483. The predicted octanol–water partition coefficient (Wildman–Crippen LogP) is 1.28. The van der Waals surface area contributed by atoms with Crippen molar-refractivity contribution in [3.8, 4) is 6.07 Å². The van der Waals surface area contributed by atoms with Gasteiger partial charge in [0, 0.05) is 11.8 Å². The first-order valence-corrected chi connectivity index (χ1v) is 8.14. The molecular weight excluding hydrogens is 274 g/mol. The van der Waals surface area contributed by atoms with E-state index >= 15 is 0 Å². The smallest absolute Gasteiger partial charge is 0.299 e. The lowest BCUT2D eigenvalue weighted by molar-refractivity contribution is 0.415. The molecule has 2 N–H and O–H groups in total. The fourth-order valence-electron chi connectivity index (χ4n) is 2.59. The first kappa shape index (κ1) is 13.7. The minimum Gasteiger partial charge on any atom is -0.299 e. The number of aromatic amines is 1. The van der Waals surface area contributed by atoms with Gasteiger partial charge in [-0.15, -0.1) is 5.10 Å². The van der Waals surface area contributed by atoms with Crippen molar-refractivity contribution in [3.05, 3.63) is 10.5 Å². The van der Waals surface area contributed by atoms with Crippen LogP contribution in [0.25, 0.3) is 0 Å². The average Bonchev–Trinajstić information content (AvgIpc) is 3.34. The van der Waals surface area contributed by atoms with Gasteiger partial charge in [-0.25, -0.2) is 9.89 Å². The molecule has 0 saturated heterocycles. The molecule has 20 heavy (non-hydrogen) atoms. The van der Waals surface area contributed by atoms with Gasteiger partial charge in [0.05, 0.1) is 6.07 Å². The number of nitriles is 1. The lowest BCUT2D eigenvalue weighted by Gasteiger charge is -2.26. The maximum atomic E-state index is 11.7. The van der Waals surface area contributed by atoms with Crippen molar-refractivity contribution < 1.29 is 0 Å². The normalized spacial score (nSPS) is 21.4. The molecule has 0 bridgehead atoms. The van der Waals surface area contributed by atoms with Gasteiger partial charge in [0.2, 0.25) is 0 Å². The van der Waals surface area contributed by atoms with E-state index in [1.165, 1.54) is 11.8 Å². The second kappa shape index (κ2) is 5.26. The molecule has 7 heteroatoms. The van der Waals surface area contributed by atoms with E-state index < -0.39 is 5.54 Å². The standard InChI is InChI=1S/C13H19N5OS/c1-2-15-13(7-14,9-3-4-9)8-20-12-17-16-11(19)18(12)10-5-6-10/h9-10,15H,2-6,8H2,1H3,(H,16,19). The number of nitrogens with one attached hydrogen (secondary N) is 2. The van der Waals surface area contributed by atoms with Crippen molar-refractivity contribution in [2.75, 3.05) is 12.3 Å². The lowest BCUT2D eigenvalue weighted by atomic mass is 9.98. The van der Waals surface area contributed by atoms with Crippen molar-refractivity contribution >= 4 is 11.8 Å². The third-order valence-corrected chi connectivity index (χ3v) is 5.12. The van der Waals surface area contributed by atoms with Crippen LogP contribution in [0.15, 0.2) is 9.95 Å². The summed E-state index contributed by atoms with van der Waals surface area (Å²) in [5.41, 5.74) is -0.615. The Morgan fingerprint density at radius 3 is 2.85 bits per heavy atom. The van der Waals surface area contributed by atoms with Gasteiger partial charge >= 0.3 is 5.69 Å². The highest BCUT2D eigenvalue weighted by Gasteiger charge is 2.45. The first-order valence-electron chi connectivity index (χ1n) is 7.16. The van der Waals surface area contributed by atoms with E-state index in [-0.39, 0.29) is 5.69 Å². The van der Waals surface area contributed by atoms with Crippen LogP contribution in [0.1, 0.15) is 38.6 Å². The molecule has 0 spiro atoms. The first-order chi connectivity index (χ1) is 9.70. The topological polar surface area (TPSA) is 86.5 Å². The molecule has 2 saturated carbocycles. The molecule has 0 aliphatic heterocycles. The largest absolute Gasteiger partial charge is 0.344 e. The molecule has 6 nitrogen and oxygen atoms in total. The highest BCUT2D eigenvalue weighted by atomic mass is 32.2. The van der Waals surface area contributed by atoms with E-state index in [4.69, 9.17) is 0 Å². The molecular formula is C13H19N5OS. The number of rotatable bonds is 7. The van der Waals surface area contributed by atoms with Crippen molar-refractivity contribution in [1.82, 2.24) is 20.1 Å². The van der Waals surface area contributed by atoms with E-state index in [1.54, 1.807) is 4.57 Å². The van der Waals surface area contributed by atoms with E-state index in [0.717, 1.165) is 37.4 Å². The summed E-state index contributed by atoms with van der Waals surface area (Å²) in [7, 11) is 0. The Bertz CT molecular complexity index is 580. The molecule has 1 unspecified atom stereocenters. The van der Waals surface area contributed by atoms with Crippen LogP contribution in [0.2, 0.25) is 0 Å². The Labute approximate surface area is 121 Å². The fourth-order valence-corrected chi connectivity index (χ4v) is 3.83. The third-order valence-electron chi connectivity index (χ3n) is 3.98. The average molecular weight is 293 g/mol. The Morgan fingerprint density at radius 1 is 1.55 bits per heavy atom. The van der Waals surface area contributed by atoms with Gasteiger partial charge in [-0.05, 0) is 38.1 Å². The van der Waals surface area contributed by atoms with Crippen molar-refractivity contribution in [2.24, 2.45) is 5.92 Å². The van der Waals surface area contributed by atoms with Crippen LogP contribution < -0.4 is 11.0 Å². The van der Waals surface area contributed by atoms with Gasteiger partial charge in [0.1, 0.15) is 5.54 Å². The summed E-state index contributed by atoms with van der Waals surface area (Å²) in [6, 6.07) is 2.77. The van der Waals surface area contributed by atoms with Gasteiger partial charge in [-0.1, -0.05) is 18.7 Å². The zero-order valence-corrected chi connectivity index (χ0v) is 12.4. The summed E-state index contributed by atoms with van der Waals surface area (Å²) < 4.78 is 1.74. The van der Waals surface area contributed by atoms with Gasteiger partial charge in [0.25, 0.3) is 0 Å². The molecule has 2 fully saturated rings. The van der Waals surface area contributed by atoms with Gasteiger partial charge in [-0.3, -0.25) is 9.88 Å². The highest BCUT2D eigenvalue weighted by Crippen LogP contribution is 2.42. The van der Waals surface area contributed by atoms with E-state index in [1.807, 2.05) is 6.92 Å². The molecule has 0 aromatic carbocycles. The minimum absolute atomic E-state index is 0.132. The van der Waals surface area contributed by atoms with E-state index in [0.29, 0.717) is 17.7 Å². The monoisotopic (exact) mass is 293 g/mol. The zero-order chi connectivity index (χ0) is 14.2. The number of aromatic nitrogens is 3. The number of thioether (sulfide) groups is 1. The number of hydrogen-bond acceptors (Lipinski definition) is 5. The van der Waals surface area contributed by atoms with Crippen LogP contribution >= 0.6 is 11.8 Å². The molecule has 2 aliphatic carbocycles. The summed E-state index contributed by atoms with van der Waals surface area (Å²) >= 11 is 1.51. The maximum absolute atomic E-state index is 11.7. The molecule has 1 heterocycles. The summed E-state index contributed by atoms with van der Waals surface area (Å²) in [5, 5.41) is 20.3. The van der Waals surface area contributed by atoms with Crippen LogP contribution in [-0.2, 0) is 0 Å². The molecule has 0 amide bonds. The predicted molar refractivity (Wildman–Crippen MR) is 76.6 cm³/mol. The SMILES string of the molecule is CCNC(C#N)(CSc1n[nH]c(=O)n1C1CC1)C1CC1. The van der Waals surface area contributed by atoms with Crippen LogP contribution in [0, 0.1) is 17.2 Å². The molecule has 0 radical (unpaired) electrons. The number of hydrogen-bond donors (Lipinski definition) is 2. The van der Waals surface area contributed by atoms with E-state index in [9.17, 15) is 10.1 Å². The summed E-state index contributed by atoms with van der Waals surface area (Å²) in [6.45, 7) is 2.80. The van der Waals surface area contributed by atoms with Gasteiger partial charge in [0.15, 0.2) is 5.16 Å². The summed E-state index contributed by atoms with van der Waals surface area (Å²) in [4.78, 5) is 11.7. The maximum Gasteiger partial charge on any atom is 0.344 e. The zero-order valence-electron chi connectivity index (χ0n) is 11.6. The lowest BCUT2D eigenvalue weighted by Crippen LogP contribution is -2.48. The fraction of sp³-hybridized carbons (Fsp3) is 0.769. The Balaban J connectivity index is 1.74. The highest BCUT2D eigenvalue weighted by molar-refractivity contribution is 7.99. The quantitative estimate of drug-likeness (QED) is 0.740. The van der Waals surface area contributed by atoms with Crippen LogP contribution in [0.3, 0.4) is 0 Å². The van der Waals surface area contributed by atoms with Crippen LogP contribution in [0.5, 0.6) is 0 Å². The third kappa shape index (κ3) is 2.50. The number of nitrogens with zero attached hydrogens (tertiary/aromatic N) is 3. The van der Waals surface area contributed by atoms with Gasteiger partial charge in [-0.2, -0.15) is 5.26 Å². The Hall–Kier alpha value is -1.26. The molecule has 108 valence electrons. The van der Waals surface area contributed by atoms with E-state index in [2.05, 4.69) is 21.6 Å². The Morgan fingerprint density at radius 2 is 2.30 bits per heavy atom. The second-order valence-electron chi connectivity index (χ2n) is 5.59. The Kier molecular flexibility index (Phi) is 3.61. The molecule has 2 aliphatic rings. The molecule has 1 atom stereocenters. The number of H-pyrrole nitrogens is 1. The van der Waals surface area contributed by atoms with Crippen molar-refractivity contribution in [1.29, 1.82) is 5.26 Å². The molecule has 1 aromatic rings. The van der Waals surface area contributed by atoms with Crippen molar-refractivity contribution in [3.63, 3.8) is 0 Å². The second-order valence-corrected chi connectivity index (χ2v) is 6.53. The molecule has 3 rings (SSSR count). The van der Waals surface area contributed by atoms with Crippen LogP contribution in [-0.4, -0.2) is 32.6 Å². The van der Waals surface area contributed by atoms with Gasteiger partial charge < -0.3 is 0 Å². The van der Waals surface area contributed by atoms with Crippen molar-refractivity contribution in [2.45, 2.75) is 49.3 Å². The summed E-state index contributed by atoms with van der Waals surface area (Å²) in [6.07, 6.45) is 4.31. The van der Waals surface area contributed by atoms with Crippen LogP contribution in [0.4, 0.5) is 0 Å². The molecule has 1 aromatic heterocycles. The summed E-state index contributed by atoms with van der Waals surface area (Å²) in [5.74, 6) is 1.07.